The van der Waals surface area contributed by atoms with E-state index in [4.69, 9.17) is 15.2 Å². The number of nitrogens with two attached hydrogens (primary N) is 1. The van der Waals surface area contributed by atoms with Gasteiger partial charge in [-0.2, -0.15) is 0 Å². The molecule has 1 amide bonds. The van der Waals surface area contributed by atoms with Crippen LogP contribution in [0.2, 0.25) is 0 Å². The highest BCUT2D eigenvalue weighted by Gasteiger charge is 2.25. The van der Waals surface area contributed by atoms with Gasteiger partial charge in [-0.3, -0.25) is 24.0 Å². The minimum absolute atomic E-state index is 0.0614. The molecule has 164 valence electrons. The number of ether oxygens (including phenoxy) is 2. The highest BCUT2D eigenvalue weighted by Crippen LogP contribution is 2.21. The van der Waals surface area contributed by atoms with Crippen LogP contribution in [0.15, 0.2) is 27.8 Å². The van der Waals surface area contributed by atoms with Crippen LogP contribution in [0.3, 0.4) is 0 Å². The van der Waals surface area contributed by atoms with Gasteiger partial charge in [-0.05, 0) is 37.0 Å². The van der Waals surface area contributed by atoms with Gasteiger partial charge in [0.1, 0.15) is 11.6 Å². The van der Waals surface area contributed by atoms with Crippen molar-refractivity contribution in [3.8, 4) is 5.75 Å². The molecular formula is C21H30N4O5. The Hall–Kier alpha value is -3.07. The van der Waals surface area contributed by atoms with E-state index in [1.165, 1.54) is 16.6 Å². The topological polar surface area (TPSA) is 120 Å². The molecule has 0 spiro atoms. The highest BCUT2D eigenvalue weighted by atomic mass is 16.5. The first-order chi connectivity index (χ1) is 14.1. The van der Waals surface area contributed by atoms with Crippen molar-refractivity contribution < 1.29 is 14.3 Å². The van der Waals surface area contributed by atoms with Crippen molar-refractivity contribution in [1.82, 2.24) is 9.55 Å². The Morgan fingerprint density at radius 1 is 1.27 bits per heavy atom. The number of amides is 1. The van der Waals surface area contributed by atoms with E-state index in [0.717, 1.165) is 11.1 Å². The van der Waals surface area contributed by atoms with Crippen molar-refractivity contribution in [2.45, 2.75) is 34.2 Å². The number of aromatic nitrogens is 2. The Balaban J connectivity index is 2.39. The Morgan fingerprint density at radius 2 is 1.97 bits per heavy atom. The molecule has 9 heteroatoms. The molecule has 0 unspecified atom stereocenters. The number of nitrogens with zero attached hydrogens (tertiary/aromatic N) is 2. The van der Waals surface area contributed by atoms with Gasteiger partial charge in [-0.25, -0.2) is 4.79 Å². The molecular weight excluding hydrogens is 388 g/mol. The summed E-state index contributed by atoms with van der Waals surface area (Å²) < 4.78 is 12.1. The third-order valence-electron chi connectivity index (χ3n) is 4.55. The molecule has 1 heterocycles. The van der Waals surface area contributed by atoms with E-state index in [2.05, 4.69) is 4.98 Å². The van der Waals surface area contributed by atoms with Gasteiger partial charge in [0.15, 0.2) is 12.3 Å². The quantitative estimate of drug-likeness (QED) is 0.636. The highest BCUT2D eigenvalue weighted by molar-refractivity contribution is 5.96. The molecule has 1 aromatic carbocycles. The van der Waals surface area contributed by atoms with Crippen LogP contribution >= 0.6 is 0 Å². The average molecular weight is 418 g/mol. The normalized spacial score (nSPS) is 11.0. The lowest BCUT2D eigenvalue weighted by molar-refractivity contribution is -0.120. The van der Waals surface area contributed by atoms with E-state index in [-0.39, 0.29) is 37.2 Å². The summed E-state index contributed by atoms with van der Waals surface area (Å²) in [5.74, 6) is 0.162. The number of hydrogen-bond acceptors (Lipinski definition) is 6. The van der Waals surface area contributed by atoms with Crippen LogP contribution in [0.1, 0.15) is 25.0 Å². The molecule has 0 aliphatic heterocycles. The zero-order chi connectivity index (χ0) is 22.4. The number of rotatable bonds is 9. The van der Waals surface area contributed by atoms with Gasteiger partial charge < -0.3 is 15.2 Å². The van der Waals surface area contributed by atoms with E-state index in [0.29, 0.717) is 12.3 Å². The van der Waals surface area contributed by atoms with Crippen LogP contribution in [-0.2, 0) is 16.1 Å². The summed E-state index contributed by atoms with van der Waals surface area (Å²) in [6.45, 7) is 7.92. The minimum atomic E-state index is -0.728. The lowest BCUT2D eigenvalue weighted by atomic mass is 10.1. The summed E-state index contributed by atoms with van der Waals surface area (Å²) >= 11 is 0. The molecule has 1 aromatic heterocycles. The molecule has 0 aliphatic rings. The van der Waals surface area contributed by atoms with Crippen molar-refractivity contribution in [3.63, 3.8) is 0 Å². The molecule has 0 saturated carbocycles. The predicted octanol–water partition coefficient (Wildman–Crippen LogP) is 1.45. The van der Waals surface area contributed by atoms with Gasteiger partial charge in [0.2, 0.25) is 0 Å². The lowest BCUT2D eigenvalue weighted by Crippen LogP contribution is -2.44. The summed E-state index contributed by atoms with van der Waals surface area (Å²) in [6.07, 6.45) is 0. The summed E-state index contributed by atoms with van der Waals surface area (Å²) in [4.78, 5) is 41.2. The SMILES string of the molecule is COCCN(C(=O)COc1cc(C)ccc1C)c1c(N)n(CC(C)C)c(=O)[nH]c1=O. The second kappa shape index (κ2) is 10.1. The van der Waals surface area contributed by atoms with Gasteiger partial charge in [0.25, 0.3) is 11.5 Å². The zero-order valence-electron chi connectivity index (χ0n) is 18.2. The van der Waals surface area contributed by atoms with Crippen LogP contribution < -0.4 is 26.6 Å². The van der Waals surface area contributed by atoms with Crippen molar-refractivity contribution in [2.24, 2.45) is 5.92 Å². The smallest absolute Gasteiger partial charge is 0.330 e. The third-order valence-corrected chi connectivity index (χ3v) is 4.55. The van der Waals surface area contributed by atoms with E-state index in [1.807, 2.05) is 45.9 Å². The fourth-order valence-corrected chi connectivity index (χ4v) is 3.01. The Kier molecular flexibility index (Phi) is 7.82. The van der Waals surface area contributed by atoms with Crippen molar-refractivity contribution in [3.05, 3.63) is 50.2 Å². The number of carbonyl (C=O) groups is 1. The van der Waals surface area contributed by atoms with Crippen LogP contribution in [-0.4, -0.2) is 42.3 Å². The standard InChI is InChI=1S/C21H30N4O5/c1-13(2)11-25-19(22)18(20(27)23-21(25)28)24(8-9-29-5)17(26)12-30-16-10-14(3)6-7-15(16)4/h6-7,10,13H,8-9,11-12,22H2,1-5H3,(H,23,27,28). The number of hydrogen-bond donors (Lipinski definition) is 2. The first-order valence-electron chi connectivity index (χ1n) is 9.77. The Bertz CT molecular complexity index is 1010. The third kappa shape index (κ3) is 5.50. The predicted molar refractivity (Wildman–Crippen MR) is 116 cm³/mol. The van der Waals surface area contributed by atoms with Gasteiger partial charge in [0, 0.05) is 20.2 Å². The number of nitrogen functional groups attached to an aromatic ring is 1. The maximum absolute atomic E-state index is 13.0. The van der Waals surface area contributed by atoms with E-state index >= 15 is 0 Å². The zero-order valence-corrected chi connectivity index (χ0v) is 18.2. The molecule has 2 aromatic rings. The van der Waals surface area contributed by atoms with E-state index in [9.17, 15) is 14.4 Å². The lowest BCUT2D eigenvalue weighted by Gasteiger charge is -2.25. The molecule has 0 bridgehead atoms. The Labute approximate surface area is 175 Å². The number of aryl methyl sites for hydroxylation is 2. The monoisotopic (exact) mass is 418 g/mol. The maximum Gasteiger partial charge on any atom is 0.330 e. The van der Waals surface area contributed by atoms with Gasteiger partial charge in [0.05, 0.1) is 6.61 Å². The second-order valence-corrected chi connectivity index (χ2v) is 7.59. The summed E-state index contributed by atoms with van der Waals surface area (Å²) in [7, 11) is 1.49. The Morgan fingerprint density at radius 3 is 2.60 bits per heavy atom. The molecule has 0 saturated heterocycles. The fraction of sp³-hybridized carbons (Fsp3) is 0.476. The van der Waals surface area contributed by atoms with Gasteiger partial charge >= 0.3 is 5.69 Å². The maximum atomic E-state index is 13.0. The van der Waals surface area contributed by atoms with Crippen molar-refractivity contribution >= 4 is 17.4 Å². The first-order valence-corrected chi connectivity index (χ1v) is 9.77. The number of aromatic amines is 1. The molecule has 2 rings (SSSR count). The molecule has 9 nitrogen and oxygen atoms in total. The summed E-state index contributed by atoms with van der Waals surface area (Å²) in [6, 6.07) is 5.70. The van der Waals surface area contributed by atoms with Gasteiger partial charge in [-0.15, -0.1) is 0 Å². The number of methoxy groups -OCH3 is 1. The number of H-pyrrole nitrogens is 1. The average Bonchev–Trinajstić information content (AvgIpc) is 2.67. The molecule has 30 heavy (non-hydrogen) atoms. The molecule has 3 N–H and O–H groups in total. The fourth-order valence-electron chi connectivity index (χ4n) is 3.01. The molecule has 0 aliphatic carbocycles. The van der Waals surface area contributed by atoms with Crippen LogP contribution in [0.4, 0.5) is 11.5 Å². The summed E-state index contributed by atoms with van der Waals surface area (Å²) in [5, 5.41) is 0. The first kappa shape index (κ1) is 23.2. The van der Waals surface area contributed by atoms with Gasteiger partial charge in [-0.1, -0.05) is 26.0 Å². The molecule has 0 radical (unpaired) electrons. The summed E-state index contributed by atoms with van der Waals surface area (Å²) in [5.41, 5.74) is 6.63. The minimum Gasteiger partial charge on any atom is -0.483 e. The van der Waals surface area contributed by atoms with Crippen LogP contribution in [0.25, 0.3) is 0 Å². The van der Waals surface area contributed by atoms with Crippen LogP contribution in [0, 0.1) is 19.8 Å². The number of benzene rings is 1. The molecule has 0 atom stereocenters. The van der Waals surface area contributed by atoms with Crippen molar-refractivity contribution in [1.29, 1.82) is 0 Å². The van der Waals surface area contributed by atoms with Crippen LogP contribution in [0.5, 0.6) is 5.75 Å². The number of carbonyl (C=O) groups excluding carboxylic acids is 1. The van der Waals surface area contributed by atoms with E-state index < -0.39 is 17.2 Å². The largest absolute Gasteiger partial charge is 0.483 e. The van der Waals surface area contributed by atoms with E-state index in [1.54, 1.807) is 0 Å². The number of anilines is 2. The number of nitrogens with one attached hydrogen (secondary N) is 1. The molecule has 0 fully saturated rings. The second-order valence-electron chi connectivity index (χ2n) is 7.59. The van der Waals surface area contributed by atoms with Crippen molar-refractivity contribution in [2.75, 3.05) is 37.5 Å².